The molecule has 0 fully saturated rings. The van der Waals surface area contributed by atoms with Gasteiger partial charge in [-0.2, -0.15) is 0 Å². The van der Waals surface area contributed by atoms with Crippen LogP contribution in [-0.2, 0) is 0 Å². The molecule has 0 aliphatic rings. The van der Waals surface area contributed by atoms with E-state index in [1.165, 1.54) is 18.2 Å². The van der Waals surface area contributed by atoms with Crippen LogP contribution in [0.5, 0.6) is 5.75 Å². The molecule has 0 unspecified atom stereocenters. The Morgan fingerprint density at radius 3 is 2.71 bits per heavy atom. The van der Waals surface area contributed by atoms with Gasteiger partial charge in [0.1, 0.15) is 12.0 Å². The molecule has 0 saturated carbocycles. The van der Waals surface area contributed by atoms with Crippen molar-refractivity contribution in [1.82, 2.24) is 0 Å². The maximum Gasteiger partial charge on any atom is 0.335 e. The predicted molar refractivity (Wildman–Crippen MR) is 61.0 cm³/mol. The predicted octanol–water partition coefficient (Wildman–Crippen LogP) is 1.60. The number of hydrogen-bond donors (Lipinski definition) is 2. The van der Waals surface area contributed by atoms with Crippen molar-refractivity contribution in [1.29, 1.82) is 0 Å². The van der Waals surface area contributed by atoms with Crippen LogP contribution in [0.25, 0.3) is 0 Å². The van der Waals surface area contributed by atoms with Gasteiger partial charge in [0.05, 0.1) is 5.56 Å². The average Bonchev–Trinajstić information content (AvgIpc) is 2.29. The second-order valence-corrected chi connectivity index (χ2v) is 3.35. The van der Waals surface area contributed by atoms with Gasteiger partial charge in [-0.1, -0.05) is 6.07 Å². The van der Waals surface area contributed by atoms with E-state index in [2.05, 4.69) is 9.73 Å². The van der Waals surface area contributed by atoms with Crippen LogP contribution in [0.3, 0.4) is 0 Å². The molecule has 1 aromatic heterocycles. The van der Waals surface area contributed by atoms with E-state index in [4.69, 9.17) is 0 Å². The monoisotopic (exact) mass is 231 g/mol. The molecule has 0 bridgehead atoms. The molecule has 0 aliphatic carbocycles. The number of benzene rings is 1. The first-order valence-electron chi connectivity index (χ1n) is 4.84. The normalized spacial score (nSPS) is 9.88. The minimum absolute atomic E-state index is 0.0578. The molecule has 0 radical (unpaired) electrons. The van der Waals surface area contributed by atoms with Crippen molar-refractivity contribution in [2.75, 3.05) is 5.32 Å². The van der Waals surface area contributed by atoms with Crippen molar-refractivity contribution in [3.05, 3.63) is 58.6 Å². The highest BCUT2D eigenvalue weighted by Gasteiger charge is 2.06. The molecule has 0 aliphatic heterocycles. The Bertz CT molecular complexity index is 583. The van der Waals surface area contributed by atoms with Gasteiger partial charge in [0.25, 0.3) is 5.91 Å². The minimum Gasteiger partial charge on any atom is -0.508 e. The summed E-state index contributed by atoms with van der Waals surface area (Å²) >= 11 is 0. The van der Waals surface area contributed by atoms with Crippen LogP contribution < -0.4 is 10.9 Å². The average molecular weight is 231 g/mol. The Morgan fingerprint density at radius 2 is 2.06 bits per heavy atom. The van der Waals surface area contributed by atoms with E-state index in [1.54, 1.807) is 12.1 Å². The first-order chi connectivity index (χ1) is 8.15. The van der Waals surface area contributed by atoms with Crippen LogP contribution in [0.2, 0.25) is 0 Å². The zero-order chi connectivity index (χ0) is 12.3. The third kappa shape index (κ3) is 2.72. The molecule has 17 heavy (non-hydrogen) atoms. The maximum atomic E-state index is 11.7. The summed E-state index contributed by atoms with van der Waals surface area (Å²) in [5, 5.41) is 11.8. The zero-order valence-electron chi connectivity index (χ0n) is 8.71. The quantitative estimate of drug-likeness (QED) is 0.822. The van der Waals surface area contributed by atoms with E-state index in [0.717, 1.165) is 12.3 Å². The van der Waals surface area contributed by atoms with E-state index >= 15 is 0 Å². The molecule has 2 rings (SSSR count). The van der Waals surface area contributed by atoms with Gasteiger partial charge < -0.3 is 14.8 Å². The third-order valence-electron chi connectivity index (χ3n) is 2.07. The Balaban J connectivity index is 2.17. The van der Waals surface area contributed by atoms with Crippen molar-refractivity contribution < 1.29 is 14.3 Å². The number of phenolic OH excluding ortho intramolecular Hbond substituents is 1. The van der Waals surface area contributed by atoms with E-state index in [-0.39, 0.29) is 11.3 Å². The molecule has 1 amide bonds. The lowest BCUT2D eigenvalue weighted by molar-refractivity contribution is 0.102. The second-order valence-electron chi connectivity index (χ2n) is 3.35. The highest BCUT2D eigenvalue weighted by Crippen LogP contribution is 2.16. The minimum atomic E-state index is -0.515. The summed E-state index contributed by atoms with van der Waals surface area (Å²) in [4.78, 5) is 22.4. The summed E-state index contributed by atoms with van der Waals surface area (Å²) in [6.07, 6.45) is 1.08. The lowest BCUT2D eigenvalue weighted by Crippen LogP contribution is -2.12. The fourth-order valence-corrected chi connectivity index (χ4v) is 1.27. The van der Waals surface area contributed by atoms with Crippen LogP contribution >= 0.6 is 0 Å². The highest BCUT2D eigenvalue weighted by molar-refractivity contribution is 6.03. The number of carbonyl (C=O) groups is 1. The van der Waals surface area contributed by atoms with Gasteiger partial charge in [0.2, 0.25) is 0 Å². The lowest BCUT2D eigenvalue weighted by Gasteiger charge is -2.04. The third-order valence-corrected chi connectivity index (χ3v) is 2.07. The van der Waals surface area contributed by atoms with E-state index in [9.17, 15) is 14.7 Å². The molecule has 1 aromatic carbocycles. The Hall–Kier alpha value is -2.56. The van der Waals surface area contributed by atoms with Crippen LogP contribution in [0.4, 0.5) is 5.69 Å². The summed E-state index contributed by atoms with van der Waals surface area (Å²) in [5.74, 6) is -0.359. The molecule has 86 valence electrons. The Kier molecular flexibility index (Phi) is 2.91. The first-order valence-corrected chi connectivity index (χ1v) is 4.84. The van der Waals surface area contributed by atoms with Crippen LogP contribution in [-0.4, -0.2) is 11.0 Å². The van der Waals surface area contributed by atoms with Crippen LogP contribution in [0.1, 0.15) is 10.4 Å². The molecule has 5 nitrogen and oxygen atoms in total. The standard InChI is InChI=1S/C12H9NO4/c14-10-3-1-2-9(6-10)13-12(16)8-4-5-11(15)17-7-8/h1-7,14H,(H,13,16). The summed E-state index contributed by atoms with van der Waals surface area (Å²) in [7, 11) is 0. The van der Waals surface area contributed by atoms with Gasteiger partial charge in [-0.15, -0.1) is 0 Å². The summed E-state index contributed by atoms with van der Waals surface area (Å²) < 4.78 is 4.58. The van der Waals surface area contributed by atoms with Crippen LogP contribution in [0.15, 0.2) is 51.9 Å². The topological polar surface area (TPSA) is 79.5 Å². The molecular formula is C12H9NO4. The number of hydrogen-bond acceptors (Lipinski definition) is 4. The van der Waals surface area contributed by atoms with Crippen LogP contribution in [0, 0.1) is 0 Å². The van der Waals surface area contributed by atoms with Gasteiger partial charge in [0, 0.05) is 17.8 Å². The molecule has 5 heteroatoms. The molecule has 2 N–H and O–H groups in total. The maximum absolute atomic E-state index is 11.7. The van der Waals surface area contributed by atoms with Gasteiger partial charge >= 0.3 is 5.63 Å². The number of aromatic hydroxyl groups is 1. The zero-order valence-corrected chi connectivity index (χ0v) is 8.71. The molecule has 0 atom stereocenters. The summed E-state index contributed by atoms with van der Waals surface area (Å²) in [6.45, 7) is 0. The van der Waals surface area contributed by atoms with Crippen molar-refractivity contribution in [2.24, 2.45) is 0 Å². The van der Waals surface area contributed by atoms with E-state index < -0.39 is 11.5 Å². The van der Waals surface area contributed by atoms with Gasteiger partial charge in [-0.3, -0.25) is 4.79 Å². The number of rotatable bonds is 2. The van der Waals surface area contributed by atoms with E-state index in [1.807, 2.05) is 0 Å². The molecular weight excluding hydrogens is 222 g/mol. The largest absolute Gasteiger partial charge is 0.508 e. The van der Waals surface area contributed by atoms with Gasteiger partial charge in [-0.25, -0.2) is 4.79 Å². The van der Waals surface area contributed by atoms with Gasteiger partial charge in [0.15, 0.2) is 0 Å². The summed E-state index contributed by atoms with van der Waals surface area (Å²) in [5.41, 5.74) is 0.174. The Morgan fingerprint density at radius 1 is 1.24 bits per heavy atom. The number of carbonyl (C=O) groups excluding carboxylic acids is 1. The van der Waals surface area contributed by atoms with Gasteiger partial charge in [-0.05, 0) is 18.2 Å². The SMILES string of the molecule is O=C(Nc1cccc(O)c1)c1ccc(=O)oc1. The second kappa shape index (κ2) is 4.52. The lowest BCUT2D eigenvalue weighted by atomic mass is 10.2. The van der Waals surface area contributed by atoms with Crippen molar-refractivity contribution in [3.8, 4) is 5.75 Å². The highest BCUT2D eigenvalue weighted by atomic mass is 16.4. The Labute approximate surface area is 96.3 Å². The number of amides is 1. The van der Waals surface area contributed by atoms with Crippen molar-refractivity contribution in [2.45, 2.75) is 0 Å². The fourth-order valence-electron chi connectivity index (χ4n) is 1.27. The fraction of sp³-hybridized carbons (Fsp3) is 0. The smallest absolute Gasteiger partial charge is 0.335 e. The van der Waals surface area contributed by atoms with Crippen molar-refractivity contribution >= 4 is 11.6 Å². The van der Waals surface area contributed by atoms with E-state index in [0.29, 0.717) is 5.69 Å². The molecule has 0 saturated heterocycles. The first kappa shape index (κ1) is 10.9. The molecule has 1 heterocycles. The molecule has 2 aromatic rings. The number of anilines is 1. The summed E-state index contributed by atoms with van der Waals surface area (Å²) in [6, 6.07) is 8.68. The van der Waals surface area contributed by atoms with Crippen molar-refractivity contribution in [3.63, 3.8) is 0 Å². The molecule has 0 spiro atoms. The number of nitrogens with one attached hydrogen (secondary N) is 1. The number of phenols is 1.